The third-order valence-electron chi connectivity index (χ3n) is 1.98. The van der Waals surface area contributed by atoms with E-state index in [-0.39, 0.29) is 11.1 Å². The topological polar surface area (TPSA) is 144 Å². The smallest absolute Gasteiger partial charge is 0.417 e. The Morgan fingerprint density at radius 3 is 2.71 bits per heavy atom. The molecule has 2 rings (SSSR count). The molecule has 3 N–H and O–H groups in total. The molecule has 0 saturated heterocycles. The molecule has 1 heterocycles. The Bertz CT molecular complexity index is 649. The number of hydrogen-bond donors (Lipinski definition) is 3. The molecule has 0 spiro atoms. The molecule has 0 aliphatic heterocycles. The van der Waals surface area contributed by atoms with Crippen molar-refractivity contribution in [3.05, 3.63) is 44.3 Å². The summed E-state index contributed by atoms with van der Waals surface area (Å²) in [5.74, 6) is -1.62. The molecule has 0 fully saturated rings. The summed E-state index contributed by atoms with van der Waals surface area (Å²) in [6, 6.07) is 2.80. The average Bonchev–Trinajstić information content (AvgIpc) is 2.60. The highest BCUT2D eigenvalue weighted by atomic mass is 16.4. The van der Waals surface area contributed by atoms with E-state index in [1.165, 1.54) is 12.1 Å². The Hall–Kier alpha value is -2.73. The minimum atomic E-state index is -1.04. The van der Waals surface area contributed by atoms with Gasteiger partial charge in [-0.05, 0) is 35.1 Å². The van der Waals surface area contributed by atoms with Gasteiger partial charge in [-0.15, -0.1) is 5.53 Å². The van der Waals surface area contributed by atoms with Gasteiger partial charge < -0.3 is 9.52 Å². The third-order valence-corrected chi connectivity index (χ3v) is 1.98. The number of H-pyrrole nitrogens is 1. The highest BCUT2D eigenvalue weighted by Crippen LogP contribution is 2.17. The molecule has 0 aliphatic rings. The standard InChI is InChI=1S/C9H7NO4.HN3/c1-4-2-5(8(11)12)3-6-7(4)10-9(13)14-6;1-3-2/h2-3H,1H3,(H,10,13)(H,11,12);1H. The van der Waals surface area contributed by atoms with E-state index in [0.29, 0.717) is 11.1 Å². The largest absolute Gasteiger partial charge is 0.478 e. The van der Waals surface area contributed by atoms with E-state index >= 15 is 0 Å². The number of aromatic nitrogens is 1. The summed E-state index contributed by atoms with van der Waals surface area (Å²) in [6.07, 6.45) is 0. The summed E-state index contributed by atoms with van der Waals surface area (Å²) in [5.41, 5.74) is 13.8. The molecule has 0 bridgehead atoms. The van der Waals surface area contributed by atoms with Gasteiger partial charge in [0.1, 0.15) is 0 Å². The van der Waals surface area contributed by atoms with Gasteiger partial charge in [-0.3, -0.25) is 4.98 Å². The average molecular weight is 236 g/mol. The number of aryl methyl sites for hydroxylation is 1. The molecular formula is C9H8N4O4. The molecule has 8 nitrogen and oxygen atoms in total. The Morgan fingerprint density at radius 2 is 2.18 bits per heavy atom. The first kappa shape index (κ1) is 12.3. The number of aromatic carboxylic acids is 1. The van der Waals surface area contributed by atoms with Gasteiger partial charge in [-0.2, -0.15) is 0 Å². The first-order chi connectivity index (χ1) is 7.99. The lowest BCUT2D eigenvalue weighted by molar-refractivity contribution is 0.0697. The molecule has 0 aliphatic carbocycles. The highest BCUT2D eigenvalue weighted by molar-refractivity contribution is 5.92. The van der Waals surface area contributed by atoms with E-state index < -0.39 is 11.7 Å². The van der Waals surface area contributed by atoms with E-state index in [2.05, 4.69) is 4.98 Å². The van der Waals surface area contributed by atoms with Gasteiger partial charge >= 0.3 is 11.7 Å². The number of carbonyl (C=O) groups is 1. The molecule has 1 aromatic heterocycles. The van der Waals surface area contributed by atoms with Crippen LogP contribution in [0.2, 0.25) is 0 Å². The van der Waals surface area contributed by atoms with Crippen molar-refractivity contribution in [2.24, 2.45) is 0 Å². The van der Waals surface area contributed by atoms with Crippen molar-refractivity contribution in [2.45, 2.75) is 6.92 Å². The molecule has 1 aromatic carbocycles. The van der Waals surface area contributed by atoms with Crippen LogP contribution >= 0.6 is 0 Å². The zero-order valence-corrected chi connectivity index (χ0v) is 8.72. The van der Waals surface area contributed by atoms with E-state index in [1.54, 1.807) is 11.8 Å². The summed E-state index contributed by atoms with van der Waals surface area (Å²) < 4.78 is 4.77. The summed E-state index contributed by atoms with van der Waals surface area (Å²) in [6.45, 7) is 1.71. The second-order valence-corrected chi connectivity index (χ2v) is 3.09. The van der Waals surface area contributed by atoms with Crippen LogP contribution in [0, 0.1) is 12.5 Å². The predicted octanol–water partition coefficient (Wildman–Crippen LogP) is 2.00. The molecule has 8 heteroatoms. The van der Waals surface area contributed by atoms with Crippen molar-refractivity contribution in [3.63, 3.8) is 0 Å². The summed E-state index contributed by atoms with van der Waals surface area (Å²) >= 11 is 0. The van der Waals surface area contributed by atoms with E-state index in [0.717, 1.165) is 0 Å². The van der Waals surface area contributed by atoms with Gasteiger partial charge in [0.15, 0.2) is 5.58 Å². The second kappa shape index (κ2) is 4.86. The minimum Gasteiger partial charge on any atom is -0.478 e. The monoisotopic (exact) mass is 236 g/mol. The molecule has 0 unspecified atom stereocenters. The van der Waals surface area contributed by atoms with Gasteiger partial charge in [-0.1, -0.05) is 0 Å². The summed E-state index contributed by atoms with van der Waals surface area (Å²) in [4.78, 5) is 25.8. The van der Waals surface area contributed by atoms with Crippen LogP contribution in [-0.2, 0) is 0 Å². The van der Waals surface area contributed by atoms with Crippen molar-refractivity contribution in [3.8, 4) is 0 Å². The van der Waals surface area contributed by atoms with Gasteiger partial charge in [0.2, 0.25) is 0 Å². The number of aromatic amines is 1. The van der Waals surface area contributed by atoms with Crippen LogP contribution in [-0.4, -0.2) is 16.1 Å². The molecule has 0 radical (unpaired) electrons. The molecule has 17 heavy (non-hydrogen) atoms. The van der Waals surface area contributed by atoms with Crippen LogP contribution in [0.25, 0.3) is 21.5 Å². The van der Waals surface area contributed by atoms with Crippen molar-refractivity contribution < 1.29 is 14.3 Å². The van der Waals surface area contributed by atoms with Crippen LogP contribution in [0.1, 0.15) is 15.9 Å². The summed E-state index contributed by atoms with van der Waals surface area (Å²) in [5, 5.41) is 8.75. The second-order valence-electron chi connectivity index (χ2n) is 3.09. The third kappa shape index (κ3) is 2.64. The first-order valence-corrected chi connectivity index (χ1v) is 4.37. The number of oxazole rings is 1. The highest BCUT2D eigenvalue weighted by Gasteiger charge is 2.09. The molecule has 0 saturated carbocycles. The lowest BCUT2D eigenvalue weighted by Crippen LogP contribution is -1.96. The molecular weight excluding hydrogens is 228 g/mol. The van der Waals surface area contributed by atoms with E-state index in [4.69, 9.17) is 20.6 Å². The van der Waals surface area contributed by atoms with Gasteiger partial charge in [-0.25, -0.2) is 9.59 Å². The predicted molar refractivity (Wildman–Crippen MR) is 58.0 cm³/mol. The van der Waals surface area contributed by atoms with Crippen molar-refractivity contribution in [1.29, 1.82) is 5.53 Å². The fourth-order valence-corrected chi connectivity index (χ4v) is 1.35. The summed E-state index contributed by atoms with van der Waals surface area (Å²) in [7, 11) is 0. The fraction of sp³-hybridized carbons (Fsp3) is 0.111. The number of fused-ring (bicyclic) bond motifs is 1. The van der Waals surface area contributed by atoms with Crippen molar-refractivity contribution in [1.82, 2.24) is 4.98 Å². The minimum absolute atomic E-state index is 0.109. The van der Waals surface area contributed by atoms with Crippen LogP contribution < -0.4 is 5.76 Å². The number of benzene rings is 1. The quantitative estimate of drug-likeness (QED) is 0.395. The maximum absolute atomic E-state index is 10.9. The number of carboxylic acids is 1. The first-order valence-electron chi connectivity index (χ1n) is 4.37. The van der Waals surface area contributed by atoms with Crippen LogP contribution in [0.15, 0.2) is 21.3 Å². The number of carboxylic acid groups (broad SMARTS) is 1. The SMILES string of the molecule is Cc1cc(C(=O)O)cc2oc(=O)[nH]c12.[N-]=[N+]=N. The molecule has 88 valence electrons. The Kier molecular flexibility index (Phi) is 3.53. The fourth-order valence-electron chi connectivity index (χ4n) is 1.35. The Balaban J connectivity index is 0.000000437. The maximum atomic E-state index is 10.9. The van der Waals surface area contributed by atoms with E-state index in [9.17, 15) is 9.59 Å². The van der Waals surface area contributed by atoms with Crippen molar-refractivity contribution >= 4 is 17.1 Å². The van der Waals surface area contributed by atoms with E-state index in [1.807, 2.05) is 0 Å². The lowest BCUT2D eigenvalue weighted by atomic mass is 10.1. The van der Waals surface area contributed by atoms with Gasteiger partial charge in [0, 0.05) is 0 Å². The zero-order chi connectivity index (χ0) is 13.0. The normalized spacial score (nSPS) is 9.24. The Morgan fingerprint density at radius 1 is 1.59 bits per heavy atom. The zero-order valence-electron chi connectivity index (χ0n) is 8.72. The number of nitrogens with zero attached hydrogens (tertiary/aromatic N) is 2. The number of nitrogens with one attached hydrogen (secondary N) is 2. The van der Waals surface area contributed by atoms with Crippen LogP contribution in [0.3, 0.4) is 0 Å². The van der Waals surface area contributed by atoms with Crippen LogP contribution in [0.5, 0.6) is 0 Å². The number of hydrogen-bond acceptors (Lipinski definition) is 4. The maximum Gasteiger partial charge on any atom is 0.417 e. The lowest BCUT2D eigenvalue weighted by Gasteiger charge is -1.96. The number of rotatable bonds is 1. The molecule has 2 aromatic rings. The van der Waals surface area contributed by atoms with Gasteiger partial charge in [0.25, 0.3) is 0 Å². The molecule has 0 amide bonds. The Labute approximate surface area is 93.9 Å². The van der Waals surface area contributed by atoms with Crippen molar-refractivity contribution in [2.75, 3.05) is 0 Å². The van der Waals surface area contributed by atoms with Gasteiger partial charge in [0.05, 0.1) is 11.1 Å². The van der Waals surface area contributed by atoms with Crippen LogP contribution in [0.4, 0.5) is 0 Å². The molecule has 0 atom stereocenters.